The first-order chi connectivity index (χ1) is 7.66. The molecule has 1 aromatic rings. The summed E-state index contributed by atoms with van der Waals surface area (Å²) < 4.78 is 0. The van der Waals surface area contributed by atoms with Gasteiger partial charge >= 0.3 is 0 Å². The fourth-order valence-corrected chi connectivity index (χ4v) is 2.15. The number of nitrogens with two attached hydrogens (primary N) is 1. The molecule has 4 nitrogen and oxygen atoms in total. The highest BCUT2D eigenvalue weighted by Gasteiger charge is 2.22. The highest BCUT2D eigenvalue weighted by molar-refractivity contribution is 5.30. The van der Waals surface area contributed by atoms with Crippen molar-refractivity contribution in [2.45, 2.75) is 31.9 Å². The Morgan fingerprint density at radius 3 is 2.69 bits per heavy atom. The quantitative estimate of drug-likeness (QED) is 0.787. The summed E-state index contributed by atoms with van der Waals surface area (Å²) in [6.07, 6.45) is 3.46. The first-order valence-electron chi connectivity index (χ1n) is 5.80. The molecule has 0 saturated carbocycles. The predicted molar refractivity (Wildman–Crippen MR) is 63.9 cm³/mol. The molecule has 2 rings (SSSR count). The molecule has 4 heteroatoms. The summed E-state index contributed by atoms with van der Waals surface area (Å²) in [5, 5.41) is 9.46. The van der Waals surface area contributed by atoms with Crippen molar-refractivity contribution in [3.63, 3.8) is 0 Å². The number of aliphatic hydroxyl groups is 1. The van der Waals surface area contributed by atoms with Crippen LogP contribution in [0.1, 0.15) is 31.4 Å². The van der Waals surface area contributed by atoms with Gasteiger partial charge in [-0.2, -0.15) is 0 Å². The molecule has 1 fully saturated rings. The normalized spacial score (nSPS) is 20.9. The lowest BCUT2D eigenvalue weighted by Crippen LogP contribution is -2.37. The Bertz CT molecular complexity index is 331. The number of likely N-dealkylation sites (tertiary alicyclic amines) is 1. The van der Waals surface area contributed by atoms with Gasteiger partial charge in [-0.3, -0.25) is 4.90 Å². The minimum atomic E-state index is -0.118. The Labute approximate surface area is 96.1 Å². The van der Waals surface area contributed by atoms with E-state index in [-0.39, 0.29) is 6.10 Å². The lowest BCUT2D eigenvalue weighted by atomic mass is 10.0. The summed E-state index contributed by atoms with van der Waals surface area (Å²) in [7, 11) is 0. The van der Waals surface area contributed by atoms with E-state index in [9.17, 15) is 5.11 Å². The van der Waals surface area contributed by atoms with Gasteiger partial charge in [-0.05, 0) is 31.4 Å². The second kappa shape index (κ2) is 4.80. The fraction of sp³-hybridized carbons (Fsp3) is 0.583. The molecule has 1 aliphatic heterocycles. The monoisotopic (exact) mass is 221 g/mol. The molecule has 88 valence electrons. The number of piperidine rings is 1. The van der Waals surface area contributed by atoms with Crippen molar-refractivity contribution in [2.75, 3.05) is 18.8 Å². The minimum absolute atomic E-state index is 0.118. The van der Waals surface area contributed by atoms with E-state index >= 15 is 0 Å². The molecule has 1 unspecified atom stereocenters. The van der Waals surface area contributed by atoms with Gasteiger partial charge in [-0.1, -0.05) is 6.07 Å². The summed E-state index contributed by atoms with van der Waals surface area (Å²) in [6.45, 7) is 4.07. The van der Waals surface area contributed by atoms with Crippen molar-refractivity contribution in [3.8, 4) is 0 Å². The van der Waals surface area contributed by atoms with Crippen molar-refractivity contribution in [2.24, 2.45) is 0 Å². The SMILES string of the molecule is CC(c1ccc(N)nc1)N1CCC(O)CC1. The third-order valence-corrected chi connectivity index (χ3v) is 3.34. The number of anilines is 1. The smallest absolute Gasteiger partial charge is 0.123 e. The van der Waals surface area contributed by atoms with E-state index in [1.165, 1.54) is 5.56 Å². The van der Waals surface area contributed by atoms with Gasteiger partial charge in [0.15, 0.2) is 0 Å². The van der Waals surface area contributed by atoms with Crippen LogP contribution in [0.25, 0.3) is 0 Å². The number of aliphatic hydroxyl groups excluding tert-OH is 1. The second-order valence-corrected chi connectivity index (χ2v) is 4.46. The maximum absolute atomic E-state index is 9.46. The molecule has 0 radical (unpaired) electrons. The Balaban J connectivity index is 2.01. The van der Waals surface area contributed by atoms with Gasteiger partial charge in [-0.15, -0.1) is 0 Å². The van der Waals surface area contributed by atoms with Crippen LogP contribution in [0.15, 0.2) is 18.3 Å². The zero-order chi connectivity index (χ0) is 11.5. The lowest BCUT2D eigenvalue weighted by molar-refractivity contribution is 0.0644. The molecule has 0 amide bonds. The van der Waals surface area contributed by atoms with Crippen LogP contribution in [0.4, 0.5) is 5.82 Å². The number of nitrogens with zero attached hydrogens (tertiary/aromatic N) is 2. The van der Waals surface area contributed by atoms with E-state index in [0.717, 1.165) is 25.9 Å². The molecule has 0 aromatic carbocycles. The van der Waals surface area contributed by atoms with Crippen LogP contribution in [0, 0.1) is 0 Å². The van der Waals surface area contributed by atoms with E-state index in [4.69, 9.17) is 5.73 Å². The van der Waals surface area contributed by atoms with E-state index in [0.29, 0.717) is 11.9 Å². The van der Waals surface area contributed by atoms with E-state index in [1.807, 2.05) is 18.3 Å². The molecule has 0 bridgehead atoms. The van der Waals surface area contributed by atoms with E-state index < -0.39 is 0 Å². The first-order valence-corrected chi connectivity index (χ1v) is 5.80. The molecule has 2 heterocycles. The maximum Gasteiger partial charge on any atom is 0.123 e. The predicted octanol–water partition coefficient (Wildman–Crippen LogP) is 1.18. The van der Waals surface area contributed by atoms with Crippen molar-refractivity contribution in [3.05, 3.63) is 23.9 Å². The average Bonchev–Trinajstić information content (AvgIpc) is 2.30. The van der Waals surface area contributed by atoms with Crippen LogP contribution < -0.4 is 5.73 Å². The molecule has 3 N–H and O–H groups in total. The highest BCUT2D eigenvalue weighted by atomic mass is 16.3. The number of pyridine rings is 1. The molecule has 1 saturated heterocycles. The van der Waals surface area contributed by atoms with E-state index in [1.54, 1.807) is 0 Å². The third-order valence-electron chi connectivity index (χ3n) is 3.34. The Morgan fingerprint density at radius 2 is 2.12 bits per heavy atom. The Kier molecular flexibility index (Phi) is 3.41. The van der Waals surface area contributed by atoms with Gasteiger partial charge in [0, 0.05) is 25.3 Å². The van der Waals surface area contributed by atoms with Crippen LogP contribution in [0.2, 0.25) is 0 Å². The lowest BCUT2D eigenvalue weighted by Gasteiger charge is -2.34. The summed E-state index contributed by atoms with van der Waals surface area (Å²) >= 11 is 0. The fourth-order valence-electron chi connectivity index (χ4n) is 2.15. The Hall–Kier alpha value is -1.13. The number of rotatable bonds is 2. The molecular weight excluding hydrogens is 202 g/mol. The molecular formula is C12H19N3O. The summed E-state index contributed by atoms with van der Waals surface area (Å²) in [5.41, 5.74) is 6.75. The van der Waals surface area contributed by atoms with Crippen LogP contribution in [-0.2, 0) is 0 Å². The highest BCUT2D eigenvalue weighted by Crippen LogP contribution is 2.23. The topological polar surface area (TPSA) is 62.4 Å². The van der Waals surface area contributed by atoms with Crippen LogP contribution in [-0.4, -0.2) is 34.2 Å². The minimum Gasteiger partial charge on any atom is -0.393 e. The van der Waals surface area contributed by atoms with Crippen LogP contribution >= 0.6 is 0 Å². The van der Waals surface area contributed by atoms with Gasteiger partial charge in [0.05, 0.1) is 6.10 Å². The Morgan fingerprint density at radius 1 is 1.44 bits per heavy atom. The van der Waals surface area contributed by atoms with Gasteiger partial charge in [0.2, 0.25) is 0 Å². The maximum atomic E-state index is 9.46. The van der Waals surface area contributed by atoms with Crippen molar-refractivity contribution < 1.29 is 5.11 Å². The van der Waals surface area contributed by atoms with Crippen molar-refractivity contribution >= 4 is 5.82 Å². The standard InChI is InChI=1S/C12H19N3O/c1-9(10-2-3-12(13)14-8-10)15-6-4-11(16)5-7-15/h2-3,8-9,11,16H,4-7H2,1H3,(H2,13,14). The number of hydrogen-bond acceptors (Lipinski definition) is 4. The average molecular weight is 221 g/mol. The summed E-state index contributed by atoms with van der Waals surface area (Å²) in [5.74, 6) is 0.560. The molecule has 16 heavy (non-hydrogen) atoms. The zero-order valence-corrected chi connectivity index (χ0v) is 9.63. The van der Waals surface area contributed by atoms with Crippen molar-refractivity contribution in [1.82, 2.24) is 9.88 Å². The van der Waals surface area contributed by atoms with Crippen LogP contribution in [0.5, 0.6) is 0 Å². The molecule has 1 aromatic heterocycles. The number of hydrogen-bond donors (Lipinski definition) is 2. The van der Waals surface area contributed by atoms with Gasteiger partial charge < -0.3 is 10.8 Å². The number of aromatic nitrogens is 1. The molecule has 1 atom stereocenters. The molecule has 0 spiro atoms. The van der Waals surface area contributed by atoms with Gasteiger partial charge in [0.1, 0.15) is 5.82 Å². The third kappa shape index (κ3) is 2.51. The number of nitrogen functional groups attached to an aromatic ring is 1. The summed E-state index contributed by atoms with van der Waals surface area (Å²) in [6, 6.07) is 4.21. The van der Waals surface area contributed by atoms with Gasteiger partial charge in [-0.25, -0.2) is 4.98 Å². The summed E-state index contributed by atoms with van der Waals surface area (Å²) in [4.78, 5) is 6.49. The largest absolute Gasteiger partial charge is 0.393 e. The molecule has 0 aliphatic carbocycles. The van der Waals surface area contributed by atoms with E-state index in [2.05, 4.69) is 16.8 Å². The van der Waals surface area contributed by atoms with Gasteiger partial charge in [0.25, 0.3) is 0 Å². The first kappa shape index (κ1) is 11.4. The second-order valence-electron chi connectivity index (χ2n) is 4.46. The molecule has 1 aliphatic rings. The van der Waals surface area contributed by atoms with Crippen LogP contribution in [0.3, 0.4) is 0 Å². The van der Waals surface area contributed by atoms with Crippen molar-refractivity contribution in [1.29, 1.82) is 0 Å². The zero-order valence-electron chi connectivity index (χ0n) is 9.63.